The summed E-state index contributed by atoms with van der Waals surface area (Å²) in [5, 5.41) is 14.6. The van der Waals surface area contributed by atoms with E-state index in [-0.39, 0.29) is 6.04 Å². The van der Waals surface area contributed by atoms with Gasteiger partial charge in [-0.05, 0) is 59.9 Å². The molecule has 2 aliphatic carbocycles. The van der Waals surface area contributed by atoms with E-state index < -0.39 is 0 Å². The van der Waals surface area contributed by atoms with Crippen molar-refractivity contribution in [2.45, 2.75) is 82.3 Å². The number of nitrogens with zero attached hydrogens (tertiary/aromatic N) is 7. The highest BCUT2D eigenvalue weighted by Gasteiger charge is 2.34. The van der Waals surface area contributed by atoms with Crippen molar-refractivity contribution in [1.82, 2.24) is 35.0 Å². The van der Waals surface area contributed by atoms with Crippen LogP contribution in [-0.2, 0) is 0 Å². The number of fused-ring (bicyclic) bond motifs is 1. The zero-order chi connectivity index (χ0) is 22.7. The quantitative estimate of drug-likeness (QED) is 0.548. The molecule has 1 aliphatic heterocycles. The molecule has 7 nitrogen and oxygen atoms in total. The van der Waals surface area contributed by atoms with Gasteiger partial charge in [-0.2, -0.15) is 0 Å². The molecule has 0 radical (unpaired) electrons. The highest BCUT2D eigenvalue weighted by Crippen LogP contribution is 2.35. The van der Waals surface area contributed by atoms with Crippen molar-refractivity contribution in [1.29, 1.82) is 0 Å². The van der Waals surface area contributed by atoms with E-state index in [4.69, 9.17) is 0 Å². The Morgan fingerprint density at radius 1 is 0.794 bits per heavy atom. The molecule has 2 saturated carbocycles. The minimum atomic E-state index is 0.0787. The minimum absolute atomic E-state index is 0.0787. The van der Waals surface area contributed by atoms with Gasteiger partial charge in [0, 0.05) is 43.8 Å². The average Bonchev–Trinajstić information content (AvgIpc) is 3.40. The Labute approximate surface area is 202 Å². The summed E-state index contributed by atoms with van der Waals surface area (Å²) < 4.78 is 2.17. The van der Waals surface area contributed by atoms with Gasteiger partial charge in [-0.25, -0.2) is 4.68 Å². The predicted molar refractivity (Wildman–Crippen MR) is 134 cm³/mol. The Kier molecular flexibility index (Phi) is 6.56. The maximum absolute atomic E-state index is 4.66. The van der Waals surface area contributed by atoms with Gasteiger partial charge in [0.15, 0.2) is 5.82 Å². The molecule has 1 saturated heterocycles. The van der Waals surface area contributed by atoms with Crippen molar-refractivity contribution in [2.75, 3.05) is 26.2 Å². The van der Waals surface area contributed by atoms with Gasteiger partial charge in [0.05, 0.1) is 17.6 Å². The van der Waals surface area contributed by atoms with E-state index in [0.717, 1.165) is 43.6 Å². The van der Waals surface area contributed by atoms with E-state index >= 15 is 0 Å². The van der Waals surface area contributed by atoms with Crippen LogP contribution in [0.25, 0.3) is 10.9 Å². The average molecular weight is 460 g/mol. The molecule has 3 fully saturated rings. The summed E-state index contributed by atoms with van der Waals surface area (Å²) in [6.07, 6.45) is 15.1. The maximum atomic E-state index is 4.66. The first kappa shape index (κ1) is 22.1. The molecule has 1 aromatic carbocycles. The zero-order valence-electron chi connectivity index (χ0n) is 20.2. The number of piperazine rings is 1. The number of tetrazole rings is 1. The van der Waals surface area contributed by atoms with Crippen LogP contribution >= 0.6 is 0 Å². The lowest BCUT2D eigenvalue weighted by atomic mass is 9.93. The molecule has 0 unspecified atom stereocenters. The number of hydrogen-bond donors (Lipinski definition) is 0. The molecule has 180 valence electrons. The SMILES string of the molecule is c1cnc2ccc([C@@H](c3nnnn3C3CCCCC3)N3CCN(C4CCCCC4)CC3)cc2c1. The van der Waals surface area contributed by atoms with Crippen molar-refractivity contribution < 1.29 is 0 Å². The molecule has 0 amide bonds. The lowest BCUT2D eigenvalue weighted by Crippen LogP contribution is -2.52. The Morgan fingerprint density at radius 2 is 1.53 bits per heavy atom. The lowest BCUT2D eigenvalue weighted by Gasteiger charge is -2.43. The number of pyridine rings is 1. The summed E-state index contributed by atoms with van der Waals surface area (Å²) in [4.78, 5) is 9.92. The molecule has 3 aliphatic rings. The van der Waals surface area contributed by atoms with Crippen molar-refractivity contribution in [3.63, 3.8) is 0 Å². The first-order valence-corrected chi connectivity index (χ1v) is 13.5. The Morgan fingerprint density at radius 3 is 2.29 bits per heavy atom. The van der Waals surface area contributed by atoms with E-state index in [2.05, 4.69) is 59.3 Å². The first-order chi connectivity index (χ1) is 16.9. The highest BCUT2D eigenvalue weighted by molar-refractivity contribution is 5.79. The molecular formula is C27H37N7. The van der Waals surface area contributed by atoms with Gasteiger partial charge < -0.3 is 0 Å². The second kappa shape index (κ2) is 10.1. The van der Waals surface area contributed by atoms with Crippen LogP contribution in [0, 0.1) is 0 Å². The van der Waals surface area contributed by atoms with Crippen LogP contribution in [0.4, 0.5) is 0 Å². The summed E-state index contributed by atoms with van der Waals surface area (Å²) in [5.41, 5.74) is 2.32. The second-order valence-electron chi connectivity index (χ2n) is 10.5. The second-order valence-corrected chi connectivity index (χ2v) is 10.5. The lowest BCUT2D eigenvalue weighted by molar-refractivity contribution is 0.0613. The van der Waals surface area contributed by atoms with Crippen LogP contribution in [0.5, 0.6) is 0 Å². The third kappa shape index (κ3) is 4.48. The normalized spacial score (nSPS) is 22.8. The van der Waals surface area contributed by atoms with Gasteiger partial charge in [0.25, 0.3) is 0 Å². The summed E-state index contributed by atoms with van der Waals surface area (Å²) in [7, 11) is 0. The number of hydrogen-bond acceptors (Lipinski definition) is 6. The predicted octanol–water partition coefficient (Wildman–Crippen LogP) is 4.77. The number of benzene rings is 1. The van der Waals surface area contributed by atoms with Crippen molar-refractivity contribution >= 4 is 10.9 Å². The largest absolute Gasteiger partial charge is 0.298 e. The molecule has 0 bridgehead atoms. The summed E-state index contributed by atoms with van der Waals surface area (Å²) in [6.45, 7) is 4.40. The number of aromatic nitrogens is 5. The Hall–Kier alpha value is -2.38. The van der Waals surface area contributed by atoms with E-state index in [0.29, 0.717) is 6.04 Å². The van der Waals surface area contributed by atoms with Crippen LogP contribution in [0.1, 0.15) is 87.7 Å². The van der Waals surface area contributed by atoms with Crippen LogP contribution in [0.15, 0.2) is 36.5 Å². The molecule has 1 atom stereocenters. The first-order valence-electron chi connectivity index (χ1n) is 13.5. The summed E-state index contributed by atoms with van der Waals surface area (Å²) >= 11 is 0. The molecule has 2 aromatic heterocycles. The molecule has 34 heavy (non-hydrogen) atoms. The van der Waals surface area contributed by atoms with Crippen LogP contribution < -0.4 is 0 Å². The van der Waals surface area contributed by atoms with Crippen LogP contribution in [0.3, 0.4) is 0 Å². The standard InChI is InChI=1S/C27H37N7/c1-3-9-23(10-4-1)32-16-18-33(19-17-32)26(22-13-14-25-21(20-22)8-7-15-28-25)27-29-30-31-34(27)24-11-5-2-6-12-24/h7-8,13-15,20,23-24,26H,1-6,9-12,16-19H2/t26-/m0/s1. The van der Waals surface area contributed by atoms with Gasteiger partial charge in [-0.3, -0.25) is 14.8 Å². The van der Waals surface area contributed by atoms with Crippen molar-refractivity contribution in [3.8, 4) is 0 Å². The van der Waals surface area contributed by atoms with Crippen LogP contribution in [-0.4, -0.2) is 67.2 Å². The van der Waals surface area contributed by atoms with Gasteiger partial charge >= 0.3 is 0 Å². The summed E-state index contributed by atoms with van der Waals surface area (Å²) in [6, 6.07) is 12.2. The van der Waals surface area contributed by atoms with E-state index in [9.17, 15) is 0 Å². The Bertz CT molecular complexity index is 1080. The monoisotopic (exact) mass is 459 g/mol. The third-order valence-electron chi connectivity index (χ3n) is 8.43. The molecule has 0 N–H and O–H groups in total. The highest BCUT2D eigenvalue weighted by atomic mass is 15.6. The smallest absolute Gasteiger partial charge is 0.173 e. The fourth-order valence-corrected chi connectivity index (χ4v) is 6.56. The molecule has 0 spiro atoms. The van der Waals surface area contributed by atoms with E-state index in [1.165, 1.54) is 75.2 Å². The topological polar surface area (TPSA) is 63.0 Å². The Balaban J connectivity index is 1.31. The molecule has 3 aromatic rings. The van der Waals surface area contributed by atoms with Gasteiger partial charge in [-0.1, -0.05) is 50.7 Å². The molecule has 3 heterocycles. The number of rotatable bonds is 5. The maximum Gasteiger partial charge on any atom is 0.173 e. The molecule has 7 heteroatoms. The third-order valence-corrected chi connectivity index (χ3v) is 8.43. The zero-order valence-corrected chi connectivity index (χ0v) is 20.2. The van der Waals surface area contributed by atoms with Crippen LogP contribution in [0.2, 0.25) is 0 Å². The van der Waals surface area contributed by atoms with E-state index in [1.54, 1.807) is 0 Å². The fourth-order valence-electron chi connectivity index (χ4n) is 6.56. The van der Waals surface area contributed by atoms with Crippen molar-refractivity contribution in [2.24, 2.45) is 0 Å². The minimum Gasteiger partial charge on any atom is -0.298 e. The van der Waals surface area contributed by atoms with Crippen molar-refractivity contribution in [3.05, 3.63) is 47.9 Å². The van der Waals surface area contributed by atoms with E-state index in [1.807, 2.05) is 12.3 Å². The summed E-state index contributed by atoms with van der Waals surface area (Å²) in [5.74, 6) is 1.02. The molecule has 6 rings (SSSR count). The van der Waals surface area contributed by atoms with Gasteiger partial charge in [0.2, 0.25) is 0 Å². The molecular weight excluding hydrogens is 422 g/mol. The van der Waals surface area contributed by atoms with Gasteiger partial charge in [-0.15, -0.1) is 5.10 Å². The fraction of sp³-hybridized carbons (Fsp3) is 0.630. The van der Waals surface area contributed by atoms with Gasteiger partial charge in [0.1, 0.15) is 0 Å².